The molecule has 1 saturated heterocycles. The smallest absolute Gasteiger partial charge is 0.253 e. The van der Waals surface area contributed by atoms with Crippen molar-refractivity contribution in [1.82, 2.24) is 24.9 Å². The Kier molecular flexibility index (Phi) is 6.91. The monoisotopic (exact) mass is 479 g/mol. The summed E-state index contributed by atoms with van der Waals surface area (Å²) in [5, 5.41) is 7.45. The largest absolute Gasteiger partial charge is 0.348 e. The summed E-state index contributed by atoms with van der Waals surface area (Å²) < 4.78 is 1.84. The van der Waals surface area contributed by atoms with Crippen molar-refractivity contribution in [2.45, 2.75) is 6.54 Å². The molecule has 2 amide bonds. The van der Waals surface area contributed by atoms with Crippen molar-refractivity contribution in [1.29, 1.82) is 0 Å². The Morgan fingerprint density at radius 3 is 2.33 bits per heavy atom. The molecular formula is C29H29N5O2. The van der Waals surface area contributed by atoms with Crippen molar-refractivity contribution in [3.8, 4) is 16.9 Å². The molecule has 0 saturated carbocycles. The number of nitrogens with one attached hydrogen (secondary N) is 1. The number of rotatable bonds is 6. The zero-order chi connectivity index (χ0) is 24.9. The SMILES string of the molecule is CN1CCN(C(=O)c2ccc(CNC(=O)c3cccc(-n4nccc4-c4ccccc4)c3)cc2)CC1. The van der Waals surface area contributed by atoms with Gasteiger partial charge >= 0.3 is 0 Å². The van der Waals surface area contributed by atoms with Gasteiger partial charge in [-0.25, -0.2) is 4.68 Å². The molecule has 0 bridgehead atoms. The number of piperazine rings is 1. The number of amides is 2. The lowest BCUT2D eigenvalue weighted by molar-refractivity contribution is 0.0664. The summed E-state index contributed by atoms with van der Waals surface area (Å²) in [5.74, 6) is -0.105. The zero-order valence-corrected chi connectivity index (χ0v) is 20.3. The van der Waals surface area contributed by atoms with Crippen LogP contribution in [0.1, 0.15) is 26.3 Å². The van der Waals surface area contributed by atoms with E-state index in [4.69, 9.17) is 0 Å². The van der Waals surface area contributed by atoms with Crippen LogP contribution in [0.15, 0.2) is 91.1 Å². The Balaban J connectivity index is 1.23. The molecule has 36 heavy (non-hydrogen) atoms. The topological polar surface area (TPSA) is 70.5 Å². The molecule has 7 nitrogen and oxygen atoms in total. The van der Waals surface area contributed by atoms with Crippen LogP contribution in [-0.4, -0.2) is 64.6 Å². The summed E-state index contributed by atoms with van der Waals surface area (Å²) in [4.78, 5) is 29.8. The molecule has 3 aromatic carbocycles. The minimum Gasteiger partial charge on any atom is -0.348 e. The second kappa shape index (κ2) is 10.6. The summed E-state index contributed by atoms with van der Waals surface area (Å²) in [6.07, 6.45) is 1.76. The molecule has 1 aliphatic heterocycles. The second-order valence-electron chi connectivity index (χ2n) is 9.02. The average Bonchev–Trinajstić information content (AvgIpc) is 3.43. The normalized spacial score (nSPS) is 14.0. The molecule has 1 N–H and O–H groups in total. The highest BCUT2D eigenvalue weighted by molar-refractivity contribution is 5.95. The van der Waals surface area contributed by atoms with E-state index in [1.165, 1.54) is 0 Å². The van der Waals surface area contributed by atoms with Gasteiger partial charge in [-0.15, -0.1) is 0 Å². The summed E-state index contributed by atoms with van der Waals surface area (Å²) >= 11 is 0. The molecule has 0 spiro atoms. The van der Waals surface area contributed by atoms with Crippen LogP contribution in [0.2, 0.25) is 0 Å². The molecule has 0 atom stereocenters. The van der Waals surface area contributed by atoms with Crippen molar-refractivity contribution < 1.29 is 9.59 Å². The Morgan fingerprint density at radius 2 is 1.58 bits per heavy atom. The Hall–Kier alpha value is -4.23. The summed E-state index contributed by atoms with van der Waals surface area (Å²) in [6, 6.07) is 26.9. The van der Waals surface area contributed by atoms with Gasteiger partial charge in [-0.3, -0.25) is 9.59 Å². The number of hydrogen-bond donors (Lipinski definition) is 1. The van der Waals surface area contributed by atoms with Gasteiger partial charge in [-0.2, -0.15) is 5.10 Å². The maximum atomic E-state index is 12.9. The molecule has 7 heteroatoms. The number of aromatic nitrogens is 2. The molecule has 182 valence electrons. The second-order valence-corrected chi connectivity index (χ2v) is 9.02. The number of hydrogen-bond acceptors (Lipinski definition) is 4. The van der Waals surface area contributed by atoms with E-state index >= 15 is 0 Å². The van der Waals surface area contributed by atoms with E-state index in [2.05, 4.69) is 22.4 Å². The van der Waals surface area contributed by atoms with E-state index in [9.17, 15) is 9.59 Å². The van der Waals surface area contributed by atoms with Crippen molar-refractivity contribution in [3.05, 3.63) is 108 Å². The maximum Gasteiger partial charge on any atom is 0.253 e. The van der Waals surface area contributed by atoms with Gasteiger partial charge in [0.15, 0.2) is 0 Å². The predicted octanol–water partition coefficient (Wildman–Crippen LogP) is 3.86. The van der Waals surface area contributed by atoms with Crippen molar-refractivity contribution in [2.24, 2.45) is 0 Å². The van der Waals surface area contributed by atoms with Gasteiger partial charge in [0.1, 0.15) is 0 Å². The van der Waals surface area contributed by atoms with Gasteiger partial charge in [0, 0.05) is 49.4 Å². The molecule has 1 aliphatic rings. The van der Waals surface area contributed by atoms with Crippen LogP contribution in [0.3, 0.4) is 0 Å². The minimum atomic E-state index is -0.164. The highest BCUT2D eigenvalue weighted by Crippen LogP contribution is 2.22. The molecular weight excluding hydrogens is 450 g/mol. The van der Waals surface area contributed by atoms with Crippen LogP contribution in [0, 0.1) is 0 Å². The number of carbonyl (C=O) groups excluding carboxylic acids is 2. The third-order valence-corrected chi connectivity index (χ3v) is 6.51. The first-order valence-corrected chi connectivity index (χ1v) is 12.1. The lowest BCUT2D eigenvalue weighted by Crippen LogP contribution is -2.47. The van der Waals surface area contributed by atoms with Crippen molar-refractivity contribution in [2.75, 3.05) is 33.2 Å². The molecule has 0 aliphatic carbocycles. The van der Waals surface area contributed by atoms with E-state index < -0.39 is 0 Å². The van der Waals surface area contributed by atoms with Crippen molar-refractivity contribution >= 4 is 11.8 Å². The fourth-order valence-electron chi connectivity index (χ4n) is 4.36. The van der Waals surface area contributed by atoms with Gasteiger partial charge in [0.05, 0.1) is 17.6 Å². The van der Waals surface area contributed by atoms with Crippen LogP contribution in [0.25, 0.3) is 16.9 Å². The Morgan fingerprint density at radius 1 is 0.833 bits per heavy atom. The highest BCUT2D eigenvalue weighted by atomic mass is 16.2. The van der Waals surface area contributed by atoms with Crippen LogP contribution >= 0.6 is 0 Å². The Labute approximate surface area is 211 Å². The number of nitrogens with zero attached hydrogens (tertiary/aromatic N) is 4. The molecule has 5 rings (SSSR count). The predicted molar refractivity (Wildman–Crippen MR) is 140 cm³/mol. The minimum absolute atomic E-state index is 0.0593. The van der Waals surface area contributed by atoms with E-state index in [1.807, 2.05) is 88.4 Å². The fraction of sp³-hybridized carbons (Fsp3) is 0.207. The van der Waals surface area contributed by atoms with E-state index in [0.717, 1.165) is 48.7 Å². The van der Waals surface area contributed by atoms with E-state index in [1.54, 1.807) is 12.3 Å². The summed E-state index contributed by atoms with van der Waals surface area (Å²) in [6.45, 7) is 3.66. The molecule has 0 unspecified atom stereocenters. The van der Waals surface area contributed by atoms with Crippen molar-refractivity contribution in [3.63, 3.8) is 0 Å². The van der Waals surface area contributed by atoms with Gasteiger partial charge in [-0.05, 0) is 49.0 Å². The third kappa shape index (κ3) is 5.21. The third-order valence-electron chi connectivity index (χ3n) is 6.51. The number of likely N-dealkylation sites (N-methyl/N-ethyl adjacent to an activating group) is 1. The first kappa shape index (κ1) is 23.5. The highest BCUT2D eigenvalue weighted by Gasteiger charge is 2.20. The van der Waals surface area contributed by atoms with Gasteiger partial charge in [-0.1, -0.05) is 48.5 Å². The van der Waals surface area contributed by atoms with Crippen LogP contribution in [0.5, 0.6) is 0 Å². The zero-order valence-electron chi connectivity index (χ0n) is 20.3. The molecule has 1 aromatic heterocycles. The quantitative estimate of drug-likeness (QED) is 0.456. The summed E-state index contributed by atoms with van der Waals surface area (Å²) in [7, 11) is 2.07. The lowest BCUT2D eigenvalue weighted by atomic mass is 10.1. The number of carbonyl (C=O) groups is 2. The van der Waals surface area contributed by atoms with Gasteiger partial charge in [0.25, 0.3) is 11.8 Å². The standard InChI is InChI=1S/C29H29N5O2/c1-32-16-18-33(19-17-32)29(36)24-12-10-22(11-13-24)21-30-28(35)25-8-5-9-26(20-25)34-27(14-15-31-34)23-6-3-2-4-7-23/h2-15,20H,16-19,21H2,1H3,(H,30,35). The first-order chi connectivity index (χ1) is 17.6. The molecule has 2 heterocycles. The Bertz CT molecular complexity index is 1340. The fourth-order valence-corrected chi connectivity index (χ4v) is 4.36. The van der Waals surface area contributed by atoms with E-state index in [0.29, 0.717) is 17.7 Å². The van der Waals surface area contributed by atoms with E-state index in [-0.39, 0.29) is 11.8 Å². The molecule has 0 radical (unpaired) electrons. The van der Waals surface area contributed by atoms with Crippen LogP contribution in [0.4, 0.5) is 0 Å². The summed E-state index contributed by atoms with van der Waals surface area (Å²) in [5.41, 5.74) is 5.00. The first-order valence-electron chi connectivity index (χ1n) is 12.1. The van der Waals surface area contributed by atoms with Crippen LogP contribution < -0.4 is 5.32 Å². The number of benzene rings is 3. The maximum absolute atomic E-state index is 12.9. The molecule has 1 fully saturated rings. The van der Waals surface area contributed by atoms with Gasteiger partial charge in [0.2, 0.25) is 0 Å². The van der Waals surface area contributed by atoms with Crippen LogP contribution in [-0.2, 0) is 6.54 Å². The van der Waals surface area contributed by atoms with Gasteiger partial charge < -0.3 is 15.1 Å². The molecule has 4 aromatic rings. The lowest BCUT2D eigenvalue weighted by Gasteiger charge is -2.32. The average molecular weight is 480 g/mol.